The maximum Gasteiger partial charge on any atom is 0.0891 e. The van der Waals surface area contributed by atoms with E-state index in [4.69, 9.17) is 10.8 Å². The van der Waals surface area contributed by atoms with Crippen LogP contribution >= 0.6 is 0 Å². The molecule has 1 unspecified atom stereocenters. The minimum Gasteiger partial charge on any atom is -0.271 e. The van der Waals surface area contributed by atoms with Crippen LogP contribution in [-0.2, 0) is 0 Å². The number of nitrogens with two attached hydrogens (primary N) is 1. The molecule has 0 fully saturated rings. The molecule has 1 heterocycles. The molecule has 0 radical (unpaired) electrons. The zero-order chi connectivity index (χ0) is 13.8. The van der Waals surface area contributed by atoms with Gasteiger partial charge in [0.25, 0.3) is 0 Å². The Labute approximate surface area is 119 Å². The Hall–Kier alpha value is -1.78. The van der Waals surface area contributed by atoms with Gasteiger partial charge >= 0.3 is 0 Å². The van der Waals surface area contributed by atoms with Crippen molar-refractivity contribution < 1.29 is 0 Å². The fourth-order valence-corrected chi connectivity index (χ4v) is 2.79. The summed E-state index contributed by atoms with van der Waals surface area (Å²) >= 11 is 0. The number of para-hydroxylation sites is 2. The van der Waals surface area contributed by atoms with Crippen molar-refractivity contribution in [1.82, 2.24) is 15.4 Å². The second-order valence-corrected chi connectivity index (χ2v) is 5.26. The van der Waals surface area contributed by atoms with Gasteiger partial charge in [0.1, 0.15) is 0 Å². The van der Waals surface area contributed by atoms with Crippen LogP contribution in [0.2, 0.25) is 0 Å². The summed E-state index contributed by atoms with van der Waals surface area (Å²) in [5, 5.41) is 0. The van der Waals surface area contributed by atoms with Gasteiger partial charge in [-0.05, 0) is 43.4 Å². The number of nitrogens with zero attached hydrogens (tertiary/aromatic N) is 2. The first-order valence-corrected chi connectivity index (χ1v) is 7.25. The minimum absolute atomic E-state index is 0.0230. The molecule has 0 aliphatic heterocycles. The summed E-state index contributed by atoms with van der Waals surface area (Å²) in [7, 11) is 0. The zero-order valence-electron chi connectivity index (χ0n) is 11.5. The van der Waals surface area contributed by atoms with E-state index in [1.807, 2.05) is 30.5 Å². The van der Waals surface area contributed by atoms with Crippen molar-refractivity contribution in [3.63, 3.8) is 0 Å². The molecular formula is C16H20N4. The van der Waals surface area contributed by atoms with Gasteiger partial charge in [0, 0.05) is 0 Å². The molecule has 4 heteroatoms. The van der Waals surface area contributed by atoms with Crippen LogP contribution < -0.4 is 11.3 Å². The van der Waals surface area contributed by atoms with Gasteiger partial charge in [-0.15, -0.1) is 0 Å². The van der Waals surface area contributed by atoms with Crippen molar-refractivity contribution in [2.24, 2.45) is 5.84 Å². The standard InChI is InChI=1S/C16H20N4/c17-20-16(12-7-3-1-2-4-8-12)15-11-18-13-9-5-6-10-14(13)19-15/h5-7,9-11,16,20H,1-4,8,17H2. The van der Waals surface area contributed by atoms with Gasteiger partial charge in [-0.2, -0.15) is 0 Å². The Bertz CT molecular complexity index is 621. The zero-order valence-corrected chi connectivity index (χ0v) is 11.5. The molecule has 20 heavy (non-hydrogen) atoms. The van der Waals surface area contributed by atoms with Crippen LogP contribution in [-0.4, -0.2) is 9.97 Å². The molecule has 0 spiro atoms. The summed E-state index contributed by atoms with van der Waals surface area (Å²) in [6, 6.07) is 7.90. The van der Waals surface area contributed by atoms with Gasteiger partial charge in [0.05, 0.1) is 29.0 Å². The molecule has 3 rings (SSSR count). The predicted octanol–water partition coefficient (Wildman–Crippen LogP) is 3.02. The van der Waals surface area contributed by atoms with E-state index in [0.717, 1.165) is 29.6 Å². The molecule has 1 aromatic carbocycles. The molecule has 0 bridgehead atoms. The van der Waals surface area contributed by atoms with Crippen molar-refractivity contribution in [2.75, 3.05) is 0 Å². The van der Waals surface area contributed by atoms with Crippen LogP contribution in [0.5, 0.6) is 0 Å². The highest BCUT2D eigenvalue weighted by molar-refractivity contribution is 5.73. The Balaban J connectivity index is 1.95. The fourth-order valence-electron chi connectivity index (χ4n) is 2.79. The number of hydrogen-bond acceptors (Lipinski definition) is 4. The molecule has 1 atom stereocenters. The lowest BCUT2D eigenvalue weighted by Crippen LogP contribution is -2.30. The molecule has 1 aliphatic rings. The molecular weight excluding hydrogens is 248 g/mol. The van der Waals surface area contributed by atoms with Crippen LogP contribution in [0.25, 0.3) is 11.0 Å². The number of benzene rings is 1. The Kier molecular flexibility index (Phi) is 4.04. The van der Waals surface area contributed by atoms with Gasteiger partial charge in [-0.3, -0.25) is 10.8 Å². The van der Waals surface area contributed by atoms with Crippen LogP contribution in [0.1, 0.15) is 43.8 Å². The molecule has 104 valence electrons. The third-order valence-electron chi connectivity index (χ3n) is 3.88. The summed E-state index contributed by atoms with van der Waals surface area (Å²) < 4.78 is 0. The number of fused-ring (bicyclic) bond motifs is 1. The summed E-state index contributed by atoms with van der Waals surface area (Å²) in [6.45, 7) is 0. The largest absolute Gasteiger partial charge is 0.271 e. The van der Waals surface area contributed by atoms with Crippen molar-refractivity contribution in [3.8, 4) is 0 Å². The van der Waals surface area contributed by atoms with E-state index in [-0.39, 0.29) is 6.04 Å². The number of nitrogens with one attached hydrogen (secondary N) is 1. The first kappa shape index (κ1) is 13.2. The summed E-state index contributed by atoms with van der Waals surface area (Å²) in [6.07, 6.45) is 10.2. The highest BCUT2D eigenvalue weighted by atomic mass is 15.2. The van der Waals surface area contributed by atoms with Crippen LogP contribution in [0.15, 0.2) is 42.1 Å². The van der Waals surface area contributed by atoms with E-state index in [1.54, 1.807) is 0 Å². The predicted molar refractivity (Wildman–Crippen MR) is 80.8 cm³/mol. The van der Waals surface area contributed by atoms with Crippen LogP contribution in [0, 0.1) is 0 Å². The fraction of sp³-hybridized carbons (Fsp3) is 0.375. The molecule has 1 aliphatic carbocycles. The monoisotopic (exact) mass is 268 g/mol. The lowest BCUT2D eigenvalue weighted by Gasteiger charge is -2.18. The molecule has 2 aromatic rings. The molecule has 0 saturated carbocycles. The van der Waals surface area contributed by atoms with E-state index in [0.29, 0.717) is 0 Å². The van der Waals surface area contributed by atoms with Crippen molar-refractivity contribution >= 4 is 11.0 Å². The average Bonchev–Trinajstić information content (AvgIpc) is 2.77. The maximum absolute atomic E-state index is 5.77. The lowest BCUT2D eigenvalue weighted by atomic mass is 10.00. The summed E-state index contributed by atoms with van der Waals surface area (Å²) in [5.41, 5.74) is 6.99. The SMILES string of the molecule is NNC(C1=CCCCCC1)c1cnc2ccccc2n1. The third kappa shape index (κ3) is 2.71. The highest BCUT2D eigenvalue weighted by Crippen LogP contribution is 2.28. The quantitative estimate of drug-likeness (QED) is 0.510. The normalized spacial score (nSPS) is 17.6. The average molecular weight is 268 g/mol. The van der Waals surface area contributed by atoms with Gasteiger partial charge in [-0.25, -0.2) is 10.4 Å². The Morgan fingerprint density at radius 1 is 1.10 bits per heavy atom. The Morgan fingerprint density at radius 3 is 2.80 bits per heavy atom. The van der Waals surface area contributed by atoms with Crippen molar-refractivity contribution in [3.05, 3.63) is 47.8 Å². The van der Waals surface area contributed by atoms with E-state index >= 15 is 0 Å². The maximum atomic E-state index is 5.77. The molecule has 0 amide bonds. The third-order valence-corrected chi connectivity index (χ3v) is 3.88. The second kappa shape index (κ2) is 6.11. The summed E-state index contributed by atoms with van der Waals surface area (Å²) in [5.74, 6) is 5.77. The molecule has 1 aromatic heterocycles. The smallest absolute Gasteiger partial charge is 0.0891 e. The number of hydrogen-bond donors (Lipinski definition) is 2. The molecule has 3 N–H and O–H groups in total. The Morgan fingerprint density at radius 2 is 1.95 bits per heavy atom. The number of aromatic nitrogens is 2. The number of allylic oxidation sites excluding steroid dienone is 1. The lowest BCUT2D eigenvalue weighted by molar-refractivity contribution is 0.580. The summed E-state index contributed by atoms with van der Waals surface area (Å²) in [4.78, 5) is 9.19. The van der Waals surface area contributed by atoms with Gasteiger partial charge in [-0.1, -0.05) is 24.6 Å². The van der Waals surface area contributed by atoms with E-state index in [9.17, 15) is 0 Å². The van der Waals surface area contributed by atoms with E-state index in [1.165, 1.54) is 24.8 Å². The number of hydrazine groups is 1. The molecule has 0 saturated heterocycles. The van der Waals surface area contributed by atoms with E-state index in [2.05, 4.69) is 16.5 Å². The number of rotatable bonds is 3. The second-order valence-electron chi connectivity index (χ2n) is 5.26. The van der Waals surface area contributed by atoms with Crippen molar-refractivity contribution in [2.45, 2.75) is 38.1 Å². The van der Waals surface area contributed by atoms with Crippen LogP contribution in [0.3, 0.4) is 0 Å². The minimum atomic E-state index is -0.0230. The molecule has 4 nitrogen and oxygen atoms in total. The topological polar surface area (TPSA) is 63.8 Å². The van der Waals surface area contributed by atoms with Crippen molar-refractivity contribution in [1.29, 1.82) is 0 Å². The van der Waals surface area contributed by atoms with Gasteiger partial charge in [0.15, 0.2) is 0 Å². The first-order chi connectivity index (χ1) is 9.88. The van der Waals surface area contributed by atoms with Crippen LogP contribution in [0.4, 0.5) is 0 Å². The first-order valence-electron chi connectivity index (χ1n) is 7.25. The highest BCUT2D eigenvalue weighted by Gasteiger charge is 2.18. The van der Waals surface area contributed by atoms with Gasteiger partial charge < -0.3 is 0 Å². The van der Waals surface area contributed by atoms with E-state index < -0.39 is 0 Å². The van der Waals surface area contributed by atoms with Gasteiger partial charge in [0.2, 0.25) is 0 Å².